The van der Waals surface area contributed by atoms with Crippen molar-refractivity contribution in [2.24, 2.45) is 0 Å². The third-order valence-corrected chi connectivity index (χ3v) is 1.06. The van der Waals surface area contributed by atoms with Crippen molar-refractivity contribution in [3.63, 3.8) is 0 Å². The van der Waals surface area contributed by atoms with Crippen LogP contribution in [-0.2, 0) is 9.68 Å². The molecule has 0 spiro atoms. The van der Waals surface area contributed by atoms with Crippen LogP contribution >= 0.6 is 0 Å². The molecule has 0 saturated carbocycles. The van der Waals surface area contributed by atoms with Gasteiger partial charge in [-0.2, -0.15) is 5.26 Å². The molecule has 0 atom stereocenters. The van der Waals surface area contributed by atoms with Crippen molar-refractivity contribution >= 4 is 41.7 Å². The zero-order valence-electron chi connectivity index (χ0n) is 8.36. The summed E-state index contributed by atoms with van der Waals surface area (Å²) in [5.41, 5.74) is 0. The van der Waals surface area contributed by atoms with Crippen LogP contribution in [0.25, 0.3) is 0 Å². The second-order valence-corrected chi connectivity index (χ2v) is 2.19. The Balaban J connectivity index is -0.0000000770. The third-order valence-electron chi connectivity index (χ3n) is 1.06. The van der Waals surface area contributed by atoms with Crippen LogP contribution in [0.4, 0.5) is 4.79 Å². The molecule has 0 amide bonds. The van der Waals surface area contributed by atoms with Crippen molar-refractivity contribution in [3.05, 3.63) is 0 Å². The van der Waals surface area contributed by atoms with Gasteiger partial charge in [0.05, 0.1) is 0 Å². The Morgan fingerprint density at radius 1 is 1.33 bits per heavy atom. The van der Waals surface area contributed by atoms with Crippen LogP contribution in [0.2, 0.25) is 0 Å². The fourth-order valence-corrected chi connectivity index (χ4v) is 0.519. The summed E-state index contributed by atoms with van der Waals surface area (Å²) in [6.45, 7) is 2.04. The Bertz CT molecular complexity index is 152. The molecule has 0 bridgehead atoms. The van der Waals surface area contributed by atoms with Crippen molar-refractivity contribution in [1.82, 2.24) is 0 Å². The number of carboxylic acids is 1. The molecule has 0 aromatic carbocycles. The van der Waals surface area contributed by atoms with E-state index in [1.54, 1.807) is 0 Å². The van der Waals surface area contributed by atoms with Gasteiger partial charge < -0.3 is 15.0 Å². The molecule has 8 heteroatoms. The van der Waals surface area contributed by atoms with Gasteiger partial charge in [-0.05, 0) is 12.8 Å². The Labute approximate surface area is 133 Å². The number of carboxylic acid groups (broad SMARTS) is 2. The number of unbranched alkanes of at least 4 members (excludes halogenated alkanes) is 2. The van der Waals surface area contributed by atoms with Crippen LogP contribution in [0.3, 0.4) is 0 Å². The van der Waals surface area contributed by atoms with E-state index in [9.17, 15) is 9.90 Å². The summed E-state index contributed by atoms with van der Waals surface area (Å²) in [7, 11) is 0. The van der Waals surface area contributed by atoms with E-state index in [1.807, 2.05) is 6.92 Å². The predicted molar refractivity (Wildman–Crippen MR) is 48.0 cm³/mol. The fraction of sp³-hybridized carbons (Fsp3) is 0.714. The molecule has 0 radical (unpaired) electrons. The van der Waals surface area contributed by atoms with Crippen molar-refractivity contribution in [1.29, 1.82) is 0 Å². The molecular weight excluding hydrogens is 226 g/mol. The van der Waals surface area contributed by atoms with Gasteiger partial charge in [0.1, 0.15) is 0 Å². The van der Waals surface area contributed by atoms with E-state index in [1.165, 1.54) is 0 Å². The number of hydrogen-bond acceptors (Lipinski definition) is 5. The molecule has 0 unspecified atom stereocenters. The first kappa shape index (κ1) is 24.8. The standard InChI is InChI=1S/C6H12O2.CH2O4.2Na.H/c1-2-3-4-5-6(7)8;2-1(3)5-4;;;/h2-5H2,1H3,(H,7,8);4H,(H,2,3);;;/q;;;+1;/p-1. The molecule has 0 heterocycles. The van der Waals surface area contributed by atoms with Crippen molar-refractivity contribution in [2.45, 2.75) is 32.6 Å². The van der Waals surface area contributed by atoms with Gasteiger partial charge in [0.15, 0.2) is 0 Å². The molecule has 0 fully saturated rings. The maximum atomic E-state index is 9.76. The van der Waals surface area contributed by atoms with Gasteiger partial charge in [0.2, 0.25) is 0 Å². The van der Waals surface area contributed by atoms with Crippen LogP contribution < -0.4 is 34.7 Å². The first-order chi connectivity index (χ1) is 6.04. The zero-order chi connectivity index (χ0) is 10.7. The summed E-state index contributed by atoms with van der Waals surface area (Å²) < 4.78 is 0. The van der Waals surface area contributed by atoms with Crippen LogP contribution in [0, 0.1) is 0 Å². The van der Waals surface area contributed by atoms with Crippen LogP contribution in [-0.4, -0.2) is 52.0 Å². The molecule has 0 aliphatic carbocycles. The Hall–Kier alpha value is 0.700. The average molecular weight is 240 g/mol. The molecular formula is C7H14Na2O6. The Morgan fingerprint density at radius 2 is 1.73 bits per heavy atom. The minimum absolute atomic E-state index is 0. The van der Waals surface area contributed by atoms with E-state index in [2.05, 4.69) is 4.89 Å². The second-order valence-electron chi connectivity index (χ2n) is 2.19. The molecule has 0 aromatic heterocycles. The van der Waals surface area contributed by atoms with Crippen molar-refractivity contribution in [2.75, 3.05) is 0 Å². The number of hydrogen-bond donors (Lipinski definition) is 2. The Kier molecular flexibility index (Phi) is 33.3. The summed E-state index contributed by atoms with van der Waals surface area (Å²) in [4.78, 5) is 21.3. The van der Waals surface area contributed by atoms with E-state index < -0.39 is 12.1 Å². The van der Waals surface area contributed by atoms with E-state index in [0.717, 1.165) is 19.3 Å². The summed E-state index contributed by atoms with van der Waals surface area (Å²) in [6, 6.07) is 0. The summed E-state index contributed by atoms with van der Waals surface area (Å²) in [5.74, 6) is -0.932. The number of carbonyl (C=O) groups is 2. The van der Waals surface area contributed by atoms with Gasteiger partial charge in [-0.3, -0.25) is 4.89 Å². The van der Waals surface area contributed by atoms with Crippen LogP contribution in [0.5, 0.6) is 0 Å². The normalized spacial score (nSPS) is 7.07. The minimum atomic E-state index is -1.69. The molecule has 0 aliphatic rings. The van der Waals surface area contributed by atoms with E-state index >= 15 is 0 Å². The van der Waals surface area contributed by atoms with Gasteiger partial charge in [-0.15, -0.1) is 0 Å². The van der Waals surface area contributed by atoms with Gasteiger partial charge in [-0.25, -0.2) is 4.79 Å². The van der Waals surface area contributed by atoms with Crippen molar-refractivity contribution < 1.29 is 59.5 Å². The molecule has 0 aliphatic heterocycles. The van der Waals surface area contributed by atoms with Crippen molar-refractivity contribution in [3.8, 4) is 0 Å². The number of rotatable bonds is 4. The molecule has 80 valence electrons. The summed E-state index contributed by atoms with van der Waals surface area (Å²) in [5, 5.41) is 24.1. The van der Waals surface area contributed by atoms with E-state index in [4.69, 9.17) is 15.2 Å². The average Bonchev–Trinajstić information content (AvgIpc) is 2.05. The maximum absolute atomic E-state index is 9.76. The number of carbonyl (C=O) groups excluding carboxylic acids is 1. The van der Waals surface area contributed by atoms with Gasteiger partial charge >= 0.3 is 65.3 Å². The topological polar surface area (TPSA) is 107 Å². The predicted octanol–water partition coefficient (Wildman–Crippen LogP) is -3.17. The Morgan fingerprint density at radius 3 is 1.93 bits per heavy atom. The van der Waals surface area contributed by atoms with Crippen LogP contribution in [0.15, 0.2) is 0 Å². The third kappa shape index (κ3) is 40.0. The fourth-order valence-electron chi connectivity index (χ4n) is 0.519. The zero-order valence-corrected chi connectivity index (χ0v) is 10.4. The summed E-state index contributed by atoms with van der Waals surface area (Å²) in [6.07, 6.45) is 1.35. The van der Waals surface area contributed by atoms with E-state index in [0.29, 0.717) is 0 Å². The SMILES string of the molecule is CCCCCC(=O)[O-].O=C(O)OO.[Na+].[NaH]. The second kappa shape index (κ2) is 20.2. The van der Waals surface area contributed by atoms with Gasteiger partial charge in [0.25, 0.3) is 0 Å². The monoisotopic (exact) mass is 240 g/mol. The molecule has 2 N–H and O–H groups in total. The molecule has 15 heavy (non-hydrogen) atoms. The first-order valence-electron chi connectivity index (χ1n) is 3.78. The molecule has 0 saturated heterocycles. The molecule has 0 rings (SSSR count). The molecule has 0 aromatic rings. The quantitative estimate of drug-likeness (QED) is 0.232. The van der Waals surface area contributed by atoms with Crippen LogP contribution in [0.1, 0.15) is 32.6 Å². The van der Waals surface area contributed by atoms with E-state index in [-0.39, 0.29) is 65.5 Å². The number of aliphatic carboxylic acids is 1. The van der Waals surface area contributed by atoms with Gasteiger partial charge in [-0.1, -0.05) is 19.8 Å². The molecule has 6 nitrogen and oxygen atoms in total. The first-order valence-corrected chi connectivity index (χ1v) is 3.78. The van der Waals surface area contributed by atoms with Gasteiger partial charge in [0, 0.05) is 5.97 Å². The summed E-state index contributed by atoms with van der Waals surface area (Å²) >= 11 is 0.